The molecule has 13 aromatic rings. The van der Waals surface area contributed by atoms with Gasteiger partial charge in [-0.15, -0.1) is 0 Å². The summed E-state index contributed by atoms with van der Waals surface area (Å²) in [5.74, 6) is 1.74. The molecule has 3 aromatic heterocycles. The van der Waals surface area contributed by atoms with E-state index in [1.807, 2.05) is 6.07 Å². The Balaban J connectivity index is 1.09. The molecule has 0 aliphatic heterocycles. The molecule has 0 unspecified atom stereocenters. The Morgan fingerprint density at radius 1 is 0.317 bits per heavy atom. The Hall–Kier alpha value is -8.15. The highest BCUT2D eigenvalue weighted by atomic mass is 16.3. The van der Waals surface area contributed by atoms with Crippen LogP contribution in [0.4, 0.5) is 0 Å². The monoisotopic (exact) mass is 764 g/mol. The highest BCUT2D eigenvalue weighted by Gasteiger charge is 2.21. The molecule has 13 rings (SSSR count). The Morgan fingerprint density at radius 2 is 0.850 bits per heavy atom. The maximum atomic E-state index is 6.42. The van der Waals surface area contributed by atoms with Crippen molar-refractivity contribution < 1.29 is 4.42 Å². The third kappa shape index (κ3) is 5.03. The SMILES string of the molecule is c1ccc(-c2ccc3ccc(-c4nc(-c5ccc6oc7cc8ccccc8cc7c6c5)nc(-n5c6ccc7ccccc7c6c6c7ccccc7ccc65)n4)cc3c2)cc1. The zero-order valence-electron chi connectivity index (χ0n) is 32.2. The molecular formula is C55H32N4O. The van der Waals surface area contributed by atoms with Crippen molar-refractivity contribution >= 4 is 86.8 Å². The maximum absolute atomic E-state index is 6.42. The largest absolute Gasteiger partial charge is 0.456 e. The van der Waals surface area contributed by atoms with Gasteiger partial charge in [0.05, 0.1) is 11.0 Å². The van der Waals surface area contributed by atoms with Crippen LogP contribution in [0, 0.1) is 0 Å². The van der Waals surface area contributed by atoms with E-state index < -0.39 is 0 Å². The number of fused-ring (bicyclic) bond motifs is 12. The Morgan fingerprint density at radius 3 is 1.55 bits per heavy atom. The number of rotatable bonds is 4. The van der Waals surface area contributed by atoms with Gasteiger partial charge in [0, 0.05) is 32.7 Å². The Labute approximate surface area is 343 Å². The maximum Gasteiger partial charge on any atom is 0.238 e. The number of hydrogen-bond acceptors (Lipinski definition) is 4. The van der Waals surface area contributed by atoms with Crippen LogP contribution in [0.5, 0.6) is 0 Å². The summed E-state index contributed by atoms with van der Waals surface area (Å²) in [6, 6.07) is 68.7. The second kappa shape index (κ2) is 12.7. The van der Waals surface area contributed by atoms with Crippen LogP contribution in [0.3, 0.4) is 0 Å². The first-order valence-electron chi connectivity index (χ1n) is 20.3. The van der Waals surface area contributed by atoms with Crippen molar-refractivity contribution in [1.82, 2.24) is 19.5 Å². The number of benzene rings is 10. The van der Waals surface area contributed by atoms with Gasteiger partial charge in [-0.1, -0.05) is 140 Å². The van der Waals surface area contributed by atoms with E-state index >= 15 is 0 Å². The fourth-order valence-electron chi connectivity index (χ4n) is 9.28. The van der Waals surface area contributed by atoms with E-state index in [9.17, 15) is 0 Å². The standard InChI is InChI=1S/C55H32N4O/c1-2-10-33(11-3-1)39-20-18-34-19-21-40(29-42(34)28-39)53-56-54(41-24-27-49-45(31-41)46-30-37-14-4-5-15-38(37)32-50(46)60-49)58-55(57-53)59-47-25-22-35-12-6-8-16-43(35)51(47)52-44-17-9-7-13-36(44)23-26-48(52)59/h1-32H. The molecule has 0 spiro atoms. The number of aromatic nitrogens is 4. The van der Waals surface area contributed by atoms with Crippen LogP contribution in [-0.2, 0) is 0 Å². The van der Waals surface area contributed by atoms with Crippen molar-refractivity contribution in [2.24, 2.45) is 0 Å². The zero-order valence-corrected chi connectivity index (χ0v) is 32.2. The third-order valence-corrected chi connectivity index (χ3v) is 12.2. The molecule has 5 nitrogen and oxygen atoms in total. The van der Waals surface area contributed by atoms with Crippen molar-refractivity contribution in [2.75, 3.05) is 0 Å². The van der Waals surface area contributed by atoms with Crippen molar-refractivity contribution in [3.05, 3.63) is 194 Å². The average Bonchev–Trinajstić information content (AvgIpc) is 3.85. The molecule has 0 saturated carbocycles. The summed E-state index contributed by atoms with van der Waals surface area (Å²) in [5, 5.41) is 13.8. The lowest BCUT2D eigenvalue weighted by molar-refractivity contribution is 0.669. The molecule has 0 saturated heterocycles. The van der Waals surface area contributed by atoms with E-state index in [0.717, 1.165) is 65.8 Å². The fraction of sp³-hybridized carbons (Fsp3) is 0. The van der Waals surface area contributed by atoms with Crippen LogP contribution < -0.4 is 0 Å². The van der Waals surface area contributed by atoms with Crippen molar-refractivity contribution in [1.29, 1.82) is 0 Å². The van der Waals surface area contributed by atoms with Gasteiger partial charge in [-0.2, -0.15) is 9.97 Å². The number of hydrogen-bond donors (Lipinski definition) is 0. The molecule has 5 heteroatoms. The summed E-state index contributed by atoms with van der Waals surface area (Å²) in [4.78, 5) is 16.0. The highest BCUT2D eigenvalue weighted by molar-refractivity contribution is 6.28. The quantitative estimate of drug-likeness (QED) is 0.179. The number of furan rings is 1. The molecule has 0 N–H and O–H groups in total. The lowest BCUT2D eigenvalue weighted by Crippen LogP contribution is -2.06. The van der Waals surface area contributed by atoms with Crippen molar-refractivity contribution in [3.63, 3.8) is 0 Å². The minimum absolute atomic E-state index is 0.557. The molecule has 0 aliphatic rings. The average molecular weight is 765 g/mol. The predicted octanol–water partition coefficient (Wildman–Crippen LogP) is 14.5. The van der Waals surface area contributed by atoms with Gasteiger partial charge in [0.25, 0.3) is 0 Å². The molecule has 10 aromatic carbocycles. The summed E-state index contributed by atoms with van der Waals surface area (Å²) >= 11 is 0. The Kier molecular flexibility index (Phi) is 6.95. The van der Waals surface area contributed by atoms with E-state index in [-0.39, 0.29) is 0 Å². The van der Waals surface area contributed by atoms with Crippen LogP contribution >= 0.6 is 0 Å². The second-order valence-electron chi connectivity index (χ2n) is 15.6. The molecule has 278 valence electrons. The van der Waals surface area contributed by atoms with Gasteiger partial charge in [0.2, 0.25) is 5.95 Å². The second-order valence-corrected chi connectivity index (χ2v) is 15.6. The van der Waals surface area contributed by atoms with E-state index in [1.165, 1.54) is 43.3 Å². The summed E-state index contributed by atoms with van der Waals surface area (Å²) in [6.07, 6.45) is 0. The summed E-state index contributed by atoms with van der Waals surface area (Å²) in [7, 11) is 0. The first-order chi connectivity index (χ1) is 29.7. The summed E-state index contributed by atoms with van der Waals surface area (Å²) < 4.78 is 8.65. The molecule has 0 amide bonds. The van der Waals surface area contributed by atoms with Crippen molar-refractivity contribution in [3.8, 4) is 39.9 Å². The van der Waals surface area contributed by atoms with Gasteiger partial charge < -0.3 is 4.42 Å². The molecular weight excluding hydrogens is 733 g/mol. The predicted molar refractivity (Wildman–Crippen MR) is 248 cm³/mol. The summed E-state index contributed by atoms with van der Waals surface area (Å²) in [5.41, 5.74) is 7.89. The van der Waals surface area contributed by atoms with Crippen LogP contribution in [0.25, 0.3) is 127 Å². The molecule has 0 fully saturated rings. The van der Waals surface area contributed by atoms with Crippen LogP contribution in [-0.4, -0.2) is 19.5 Å². The normalized spacial score (nSPS) is 12.0. The molecule has 0 atom stereocenters. The molecule has 3 heterocycles. The van der Waals surface area contributed by atoms with E-state index in [0.29, 0.717) is 17.6 Å². The lowest BCUT2D eigenvalue weighted by Gasteiger charge is -2.12. The Bertz CT molecular complexity index is 3810. The van der Waals surface area contributed by atoms with E-state index in [1.54, 1.807) is 0 Å². The third-order valence-electron chi connectivity index (χ3n) is 12.2. The van der Waals surface area contributed by atoms with Gasteiger partial charge in [-0.05, 0) is 109 Å². The molecule has 60 heavy (non-hydrogen) atoms. The first kappa shape index (κ1) is 32.9. The first-order valence-corrected chi connectivity index (χ1v) is 20.3. The van der Waals surface area contributed by atoms with E-state index in [4.69, 9.17) is 19.4 Å². The fourth-order valence-corrected chi connectivity index (χ4v) is 9.28. The van der Waals surface area contributed by atoms with E-state index in [2.05, 4.69) is 193 Å². The van der Waals surface area contributed by atoms with Crippen LogP contribution in [0.2, 0.25) is 0 Å². The minimum Gasteiger partial charge on any atom is -0.456 e. The topological polar surface area (TPSA) is 56.7 Å². The molecule has 0 bridgehead atoms. The smallest absolute Gasteiger partial charge is 0.238 e. The number of nitrogens with zero attached hydrogens (tertiary/aromatic N) is 4. The molecule has 0 aliphatic carbocycles. The minimum atomic E-state index is 0.557. The van der Waals surface area contributed by atoms with Crippen LogP contribution in [0.15, 0.2) is 199 Å². The summed E-state index contributed by atoms with van der Waals surface area (Å²) in [6.45, 7) is 0. The van der Waals surface area contributed by atoms with Gasteiger partial charge in [0.1, 0.15) is 11.2 Å². The van der Waals surface area contributed by atoms with Gasteiger partial charge in [-0.25, -0.2) is 4.98 Å². The zero-order chi connectivity index (χ0) is 39.3. The van der Waals surface area contributed by atoms with Crippen molar-refractivity contribution in [2.45, 2.75) is 0 Å². The highest BCUT2D eigenvalue weighted by Crippen LogP contribution is 2.41. The van der Waals surface area contributed by atoms with Gasteiger partial charge >= 0.3 is 0 Å². The lowest BCUT2D eigenvalue weighted by atomic mass is 10.00. The van der Waals surface area contributed by atoms with Crippen LogP contribution in [0.1, 0.15) is 0 Å². The van der Waals surface area contributed by atoms with Gasteiger partial charge in [0.15, 0.2) is 11.6 Å². The molecule has 0 radical (unpaired) electrons. The van der Waals surface area contributed by atoms with Gasteiger partial charge in [-0.3, -0.25) is 4.57 Å².